The molecule has 3 rings (SSSR count). The van der Waals surface area contributed by atoms with Gasteiger partial charge in [-0.3, -0.25) is 4.90 Å². The molecule has 1 aliphatic heterocycles. The van der Waals surface area contributed by atoms with Crippen LogP contribution < -0.4 is 10.1 Å². The topological polar surface area (TPSA) is 67.9 Å². The predicted octanol–water partition coefficient (Wildman–Crippen LogP) is 4.71. The lowest BCUT2D eigenvalue weighted by molar-refractivity contribution is -0.139. The van der Waals surface area contributed by atoms with Gasteiger partial charge in [-0.15, -0.1) is 0 Å². The number of urea groups is 1. The maximum Gasteiger partial charge on any atom is 0.338 e. The van der Waals surface area contributed by atoms with E-state index in [2.05, 4.69) is 19.2 Å². The molecule has 1 N–H and O–H groups in total. The van der Waals surface area contributed by atoms with Gasteiger partial charge in [0.25, 0.3) is 0 Å². The Morgan fingerprint density at radius 3 is 2.48 bits per heavy atom. The Kier molecular flexibility index (Phi) is 7.00. The number of nitrogens with one attached hydrogen (secondary N) is 1. The highest BCUT2D eigenvalue weighted by atomic mass is 16.5. The van der Waals surface area contributed by atoms with Crippen LogP contribution in [0.5, 0.6) is 5.75 Å². The molecule has 2 aromatic carbocycles. The lowest BCUT2D eigenvalue weighted by Gasteiger charge is -2.34. The fourth-order valence-corrected chi connectivity index (χ4v) is 3.58. The first kappa shape index (κ1) is 22.4. The van der Waals surface area contributed by atoms with Gasteiger partial charge in [0.05, 0.1) is 23.9 Å². The van der Waals surface area contributed by atoms with Crippen LogP contribution in [-0.2, 0) is 9.53 Å². The molecule has 31 heavy (non-hydrogen) atoms. The van der Waals surface area contributed by atoms with E-state index in [0.29, 0.717) is 22.9 Å². The number of rotatable bonds is 7. The van der Waals surface area contributed by atoms with Crippen molar-refractivity contribution in [2.45, 2.75) is 39.7 Å². The zero-order valence-electron chi connectivity index (χ0n) is 18.8. The molecular formula is C25H30N2O4. The fraction of sp³-hybridized carbons (Fsp3) is 0.360. The molecule has 1 aliphatic rings. The zero-order chi connectivity index (χ0) is 22.5. The van der Waals surface area contributed by atoms with E-state index in [1.165, 1.54) is 10.5 Å². The van der Waals surface area contributed by atoms with Crippen LogP contribution in [-0.4, -0.2) is 37.2 Å². The molecule has 164 valence electrons. The van der Waals surface area contributed by atoms with Crippen LogP contribution in [0.2, 0.25) is 0 Å². The Balaban J connectivity index is 1.98. The Hall–Kier alpha value is -3.28. The normalized spacial score (nSPS) is 16.4. The minimum atomic E-state index is -0.607. The third kappa shape index (κ3) is 5.08. The van der Waals surface area contributed by atoms with E-state index in [1.54, 1.807) is 14.0 Å². The van der Waals surface area contributed by atoms with Crippen LogP contribution in [0, 0.1) is 6.92 Å². The lowest BCUT2D eigenvalue weighted by atomic mass is 9.94. The van der Waals surface area contributed by atoms with Crippen molar-refractivity contribution in [1.29, 1.82) is 0 Å². The molecule has 6 nitrogen and oxygen atoms in total. The molecule has 0 spiro atoms. The highest BCUT2D eigenvalue weighted by Crippen LogP contribution is 2.32. The summed E-state index contributed by atoms with van der Waals surface area (Å²) in [6.45, 7) is 8.31. The number of nitrogens with zero attached hydrogens (tertiary/aromatic N) is 1. The average Bonchev–Trinajstić information content (AvgIpc) is 2.74. The summed E-state index contributed by atoms with van der Waals surface area (Å²) in [6, 6.07) is 14.7. The Labute approximate surface area is 183 Å². The smallest absolute Gasteiger partial charge is 0.338 e. The molecule has 0 aromatic heterocycles. The molecule has 0 radical (unpaired) electrons. The average molecular weight is 423 g/mol. The summed E-state index contributed by atoms with van der Waals surface area (Å²) >= 11 is 0. The Morgan fingerprint density at radius 2 is 1.87 bits per heavy atom. The maximum atomic E-state index is 12.9. The second kappa shape index (κ2) is 9.69. The molecule has 2 aromatic rings. The number of carbonyl (C=O) groups excluding carboxylic acids is 2. The Bertz CT molecular complexity index is 979. The van der Waals surface area contributed by atoms with Gasteiger partial charge in [0, 0.05) is 7.05 Å². The molecule has 0 saturated carbocycles. The number of hydrogen-bond donors (Lipinski definition) is 1. The number of carbonyl (C=O) groups is 2. The number of amides is 2. The fourth-order valence-electron chi connectivity index (χ4n) is 3.58. The molecule has 0 bridgehead atoms. The minimum Gasteiger partial charge on any atom is -0.487 e. The number of ether oxygens (including phenoxy) is 2. The second-order valence-electron chi connectivity index (χ2n) is 7.95. The van der Waals surface area contributed by atoms with Crippen molar-refractivity contribution in [3.63, 3.8) is 0 Å². The molecule has 1 heterocycles. The van der Waals surface area contributed by atoms with Crippen LogP contribution in [0.15, 0.2) is 59.8 Å². The van der Waals surface area contributed by atoms with Gasteiger partial charge in [-0.2, -0.15) is 0 Å². The van der Waals surface area contributed by atoms with Crippen molar-refractivity contribution >= 4 is 12.0 Å². The number of likely N-dealkylation sites (N-methyl/N-ethyl adjacent to an activating group) is 1. The van der Waals surface area contributed by atoms with Crippen LogP contribution in [0.25, 0.3) is 0 Å². The van der Waals surface area contributed by atoms with Crippen molar-refractivity contribution in [1.82, 2.24) is 10.2 Å². The largest absolute Gasteiger partial charge is 0.487 e. The monoisotopic (exact) mass is 422 g/mol. The third-order valence-corrected chi connectivity index (χ3v) is 5.37. The van der Waals surface area contributed by atoms with Crippen molar-refractivity contribution in [2.24, 2.45) is 0 Å². The zero-order valence-corrected chi connectivity index (χ0v) is 18.8. The highest BCUT2D eigenvalue weighted by Gasteiger charge is 2.37. The highest BCUT2D eigenvalue weighted by molar-refractivity contribution is 5.95. The first-order valence-corrected chi connectivity index (χ1v) is 10.6. The van der Waals surface area contributed by atoms with Gasteiger partial charge in [-0.25, -0.2) is 9.59 Å². The molecule has 0 unspecified atom stereocenters. The van der Waals surface area contributed by atoms with Crippen LogP contribution >= 0.6 is 0 Å². The first-order valence-electron chi connectivity index (χ1n) is 10.6. The van der Waals surface area contributed by atoms with Gasteiger partial charge in [0.2, 0.25) is 0 Å². The quantitative estimate of drug-likeness (QED) is 0.656. The molecule has 0 fully saturated rings. The minimum absolute atomic E-state index is 0.0708. The summed E-state index contributed by atoms with van der Waals surface area (Å²) in [6.07, 6.45) is 0. The molecule has 0 saturated heterocycles. The van der Waals surface area contributed by atoms with Crippen molar-refractivity contribution in [3.05, 3.63) is 76.5 Å². The van der Waals surface area contributed by atoms with E-state index in [4.69, 9.17) is 9.47 Å². The summed E-state index contributed by atoms with van der Waals surface area (Å²) in [5.41, 5.74) is 3.95. The van der Waals surface area contributed by atoms with Gasteiger partial charge in [-0.1, -0.05) is 55.8 Å². The molecule has 6 heteroatoms. The summed E-state index contributed by atoms with van der Waals surface area (Å²) in [5, 5.41) is 2.92. The van der Waals surface area contributed by atoms with Crippen LogP contribution in [0.4, 0.5) is 4.79 Å². The summed E-state index contributed by atoms with van der Waals surface area (Å²) in [7, 11) is 1.63. The molecule has 2 amide bonds. The predicted molar refractivity (Wildman–Crippen MR) is 120 cm³/mol. The number of benzene rings is 2. The van der Waals surface area contributed by atoms with E-state index in [0.717, 1.165) is 11.1 Å². The summed E-state index contributed by atoms with van der Waals surface area (Å²) < 4.78 is 11.3. The van der Waals surface area contributed by atoms with E-state index >= 15 is 0 Å². The molecule has 1 atom stereocenters. The van der Waals surface area contributed by atoms with Crippen LogP contribution in [0.1, 0.15) is 49.4 Å². The van der Waals surface area contributed by atoms with Gasteiger partial charge >= 0.3 is 12.0 Å². The molecule has 0 aliphatic carbocycles. The van der Waals surface area contributed by atoms with Gasteiger partial charge < -0.3 is 14.8 Å². The summed E-state index contributed by atoms with van der Waals surface area (Å²) in [4.78, 5) is 27.1. The van der Waals surface area contributed by atoms with Gasteiger partial charge in [0.15, 0.2) is 0 Å². The summed E-state index contributed by atoms with van der Waals surface area (Å²) in [5.74, 6) is 0.636. The SMILES string of the molecule is CCOC(=O)C1=C(COc2ccc(C(C)C)cc2)N(C)C(=O)N[C@@H]1c1cccc(C)c1. The second-order valence-corrected chi connectivity index (χ2v) is 7.95. The maximum absolute atomic E-state index is 12.9. The van der Waals surface area contributed by atoms with Gasteiger partial charge in [-0.05, 0) is 43.0 Å². The van der Waals surface area contributed by atoms with Crippen LogP contribution in [0.3, 0.4) is 0 Å². The first-order chi connectivity index (χ1) is 14.8. The Morgan fingerprint density at radius 1 is 1.16 bits per heavy atom. The van der Waals surface area contributed by atoms with Crippen molar-refractivity contribution < 1.29 is 19.1 Å². The van der Waals surface area contributed by atoms with Crippen molar-refractivity contribution in [3.8, 4) is 5.75 Å². The third-order valence-electron chi connectivity index (χ3n) is 5.37. The number of hydrogen-bond acceptors (Lipinski definition) is 4. The van der Waals surface area contributed by atoms with Crippen molar-refractivity contribution in [2.75, 3.05) is 20.3 Å². The van der Waals surface area contributed by atoms with E-state index in [-0.39, 0.29) is 19.2 Å². The van der Waals surface area contributed by atoms with E-state index < -0.39 is 12.0 Å². The number of esters is 1. The standard InChI is InChI=1S/C25H30N2O4/c1-6-30-24(28)22-21(15-31-20-12-10-18(11-13-20)16(2)3)27(5)25(29)26-23(22)19-9-7-8-17(4)14-19/h7-14,16,23H,6,15H2,1-5H3,(H,26,29)/t23-/m1/s1. The molecular weight excluding hydrogens is 392 g/mol. The van der Waals surface area contributed by atoms with E-state index in [1.807, 2.05) is 55.5 Å². The lowest BCUT2D eigenvalue weighted by Crippen LogP contribution is -2.48. The van der Waals surface area contributed by atoms with E-state index in [9.17, 15) is 9.59 Å². The van der Waals surface area contributed by atoms with Gasteiger partial charge in [0.1, 0.15) is 12.4 Å². The number of aryl methyl sites for hydroxylation is 1.